The zero-order valence-electron chi connectivity index (χ0n) is 9.96. The molecular weight excluding hydrogens is 236 g/mol. The Bertz CT molecular complexity index is 457. The third-order valence-corrected chi connectivity index (χ3v) is 1.92. The number of aliphatic hydroxyl groups excluding tert-OH is 1. The van der Waals surface area contributed by atoms with Crippen LogP contribution in [-0.2, 0) is 9.53 Å². The maximum atomic E-state index is 11.6. The van der Waals surface area contributed by atoms with Crippen LogP contribution in [-0.4, -0.2) is 40.5 Å². The normalized spacial score (nSPS) is 12.3. The van der Waals surface area contributed by atoms with Crippen molar-refractivity contribution in [1.82, 2.24) is 9.97 Å². The van der Waals surface area contributed by atoms with Gasteiger partial charge in [0.2, 0.25) is 0 Å². The van der Waals surface area contributed by atoms with Gasteiger partial charge in [0.1, 0.15) is 18.0 Å². The van der Waals surface area contributed by atoms with Crippen LogP contribution in [0.1, 0.15) is 6.92 Å². The van der Waals surface area contributed by atoms with Gasteiger partial charge in [0.05, 0.1) is 25.1 Å². The SMILES string of the molecule is CCOC(=O)C(/C=[NH+]/c1ncccn1)=C(/N)CO. The Labute approximate surface area is 104 Å². The van der Waals surface area contributed by atoms with E-state index in [0.29, 0.717) is 5.95 Å². The molecule has 0 aliphatic carbocycles. The number of nitrogens with zero attached hydrogens (tertiary/aromatic N) is 2. The maximum absolute atomic E-state index is 11.6. The van der Waals surface area contributed by atoms with Gasteiger partial charge in [0.15, 0.2) is 0 Å². The molecule has 0 saturated heterocycles. The molecule has 0 fully saturated rings. The van der Waals surface area contributed by atoms with Crippen LogP contribution in [0.15, 0.2) is 29.7 Å². The lowest BCUT2D eigenvalue weighted by Crippen LogP contribution is -2.63. The highest BCUT2D eigenvalue weighted by molar-refractivity contribution is 6.08. The van der Waals surface area contributed by atoms with Crippen molar-refractivity contribution in [3.63, 3.8) is 0 Å². The van der Waals surface area contributed by atoms with Gasteiger partial charge >= 0.3 is 11.9 Å². The van der Waals surface area contributed by atoms with E-state index in [1.165, 1.54) is 6.21 Å². The number of nitrogens with two attached hydrogens (primary N) is 1. The summed E-state index contributed by atoms with van der Waals surface area (Å²) in [4.78, 5) is 22.1. The third kappa shape index (κ3) is 3.95. The summed E-state index contributed by atoms with van der Waals surface area (Å²) >= 11 is 0. The molecule has 7 heteroatoms. The molecule has 0 unspecified atom stereocenters. The van der Waals surface area contributed by atoms with E-state index >= 15 is 0 Å². The van der Waals surface area contributed by atoms with Gasteiger partial charge in [-0.15, -0.1) is 0 Å². The summed E-state index contributed by atoms with van der Waals surface area (Å²) in [6.45, 7) is 1.46. The number of carbonyl (C=O) groups is 1. The van der Waals surface area contributed by atoms with Crippen molar-refractivity contribution in [2.45, 2.75) is 6.92 Å². The van der Waals surface area contributed by atoms with E-state index < -0.39 is 12.6 Å². The monoisotopic (exact) mass is 251 g/mol. The molecule has 0 aliphatic heterocycles. The first kappa shape index (κ1) is 13.8. The van der Waals surface area contributed by atoms with Gasteiger partial charge in [-0.05, 0) is 6.92 Å². The summed E-state index contributed by atoms with van der Waals surface area (Å²) in [7, 11) is 0. The summed E-state index contributed by atoms with van der Waals surface area (Å²) in [6, 6.07) is 1.66. The van der Waals surface area contributed by atoms with E-state index in [0.717, 1.165) is 0 Å². The zero-order valence-corrected chi connectivity index (χ0v) is 9.96. The lowest BCUT2D eigenvalue weighted by molar-refractivity contribution is -0.357. The van der Waals surface area contributed by atoms with Gasteiger partial charge in [0, 0.05) is 6.07 Å². The van der Waals surface area contributed by atoms with E-state index in [-0.39, 0.29) is 17.9 Å². The highest BCUT2D eigenvalue weighted by atomic mass is 16.5. The van der Waals surface area contributed by atoms with Gasteiger partial charge in [-0.1, -0.05) is 9.97 Å². The second-order valence-electron chi connectivity index (χ2n) is 3.18. The number of esters is 1. The molecule has 1 aromatic rings. The fourth-order valence-corrected chi connectivity index (χ4v) is 1.09. The smallest absolute Gasteiger partial charge is 0.430 e. The van der Waals surface area contributed by atoms with E-state index in [4.69, 9.17) is 15.6 Å². The molecule has 0 aliphatic rings. The van der Waals surface area contributed by atoms with Crippen LogP contribution >= 0.6 is 0 Å². The molecule has 7 nitrogen and oxygen atoms in total. The summed E-state index contributed by atoms with van der Waals surface area (Å²) < 4.78 is 4.82. The Hall–Kier alpha value is -2.28. The molecule has 0 saturated carbocycles. The van der Waals surface area contributed by atoms with Gasteiger partial charge in [0.25, 0.3) is 0 Å². The number of aliphatic hydroxyl groups is 1. The van der Waals surface area contributed by atoms with Crippen LogP contribution < -0.4 is 10.7 Å². The van der Waals surface area contributed by atoms with Crippen molar-refractivity contribution in [2.75, 3.05) is 13.2 Å². The highest BCUT2D eigenvalue weighted by Crippen LogP contribution is 1.97. The Kier molecular flexibility index (Phi) is 5.46. The van der Waals surface area contributed by atoms with E-state index in [1.54, 1.807) is 25.4 Å². The van der Waals surface area contributed by atoms with E-state index in [1.807, 2.05) is 0 Å². The molecule has 0 aromatic carbocycles. The minimum Gasteiger partial charge on any atom is -0.462 e. The minimum absolute atomic E-state index is 0.0110. The van der Waals surface area contributed by atoms with Crippen LogP contribution in [0.2, 0.25) is 0 Å². The van der Waals surface area contributed by atoms with Crippen molar-refractivity contribution < 1.29 is 19.6 Å². The molecule has 0 amide bonds. The predicted octanol–water partition coefficient (Wildman–Crippen LogP) is -1.97. The van der Waals surface area contributed by atoms with E-state index in [2.05, 4.69) is 15.0 Å². The second kappa shape index (κ2) is 7.13. The molecule has 4 N–H and O–H groups in total. The highest BCUT2D eigenvalue weighted by Gasteiger charge is 2.13. The lowest BCUT2D eigenvalue weighted by Gasteiger charge is -2.04. The van der Waals surface area contributed by atoms with Gasteiger partial charge in [-0.25, -0.2) is 9.79 Å². The number of hydrogen-bond acceptors (Lipinski definition) is 6. The van der Waals surface area contributed by atoms with Crippen molar-refractivity contribution in [2.24, 2.45) is 5.73 Å². The molecule has 96 valence electrons. The van der Waals surface area contributed by atoms with Gasteiger partial charge in [-0.2, -0.15) is 0 Å². The quantitative estimate of drug-likeness (QED) is 0.318. The number of rotatable bonds is 5. The Morgan fingerprint density at radius 1 is 1.56 bits per heavy atom. The average molecular weight is 251 g/mol. The molecule has 0 atom stereocenters. The zero-order chi connectivity index (χ0) is 13.4. The fraction of sp³-hybridized carbons (Fsp3) is 0.273. The van der Waals surface area contributed by atoms with Crippen LogP contribution in [0.5, 0.6) is 0 Å². The van der Waals surface area contributed by atoms with Crippen LogP contribution in [0, 0.1) is 0 Å². The first-order chi connectivity index (χ1) is 8.69. The average Bonchev–Trinajstić information content (AvgIpc) is 2.40. The van der Waals surface area contributed by atoms with Gasteiger partial charge in [-0.3, -0.25) is 0 Å². The van der Waals surface area contributed by atoms with Crippen molar-refractivity contribution >= 4 is 18.1 Å². The number of nitrogens with one attached hydrogen (secondary N) is 1. The Morgan fingerprint density at radius 3 is 2.78 bits per heavy atom. The minimum atomic E-state index is -0.618. The number of ether oxygens (including phenoxy) is 1. The van der Waals surface area contributed by atoms with Crippen molar-refractivity contribution in [3.05, 3.63) is 29.7 Å². The largest absolute Gasteiger partial charge is 0.462 e. The van der Waals surface area contributed by atoms with Crippen LogP contribution in [0.3, 0.4) is 0 Å². The fourth-order valence-electron chi connectivity index (χ4n) is 1.09. The lowest BCUT2D eigenvalue weighted by atomic mass is 10.2. The van der Waals surface area contributed by atoms with Crippen LogP contribution in [0.4, 0.5) is 5.95 Å². The second-order valence-corrected chi connectivity index (χ2v) is 3.18. The molecule has 18 heavy (non-hydrogen) atoms. The molecule has 0 bridgehead atoms. The number of aromatic nitrogens is 2. The van der Waals surface area contributed by atoms with Gasteiger partial charge < -0.3 is 15.6 Å². The Morgan fingerprint density at radius 2 is 2.22 bits per heavy atom. The Balaban J connectivity index is 2.93. The topological polar surface area (TPSA) is 112 Å². The summed E-state index contributed by atoms with van der Waals surface area (Å²) in [5.41, 5.74) is 5.59. The molecule has 1 heterocycles. The first-order valence-electron chi connectivity index (χ1n) is 5.32. The molecule has 1 aromatic heterocycles. The maximum Gasteiger partial charge on any atom is 0.430 e. The van der Waals surface area contributed by atoms with E-state index in [9.17, 15) is 4.79 Å². The third-order valence-electron chi connectivity index (χ3n) is 1.92. The number of carbonyl (C=O) groups excluding carboxylic acids is 1. The number of hydrogen-bond donors (Lipinski definition) is 3. The van der Waals surface area contributed by atoms with Crippen LogP contribution in [0.25, 0.3) is 0 Å². The molecule has 0 radical (unpaired) electrons. The molecule has 0 spiro atoms. The summed E-state index contributed by atoms with van der Waals surface area (Å²) in [5.74, 6) is -0.308. The van der Waals surface area contributed by atoms with Crippen molar-refractivity contribution in [3.8, 4) is 0 Å². The summed E-state index contributed by atoms with van der Waals surface area (Å²) in [6.07, 6.45) is 4.40. The predicted molar refractivity (Wildman–Crippen MR) is 63.7 cm³/mol. The first-order valence-corrected chi connectivity index (χ1v) is 5.32. The molecule has 1 rings (SSSR count). The standard InChI is InChI=1S/C11H14N4O3/c1-2-18-10(17)8(9(12)7-16)6-15-11-13-4-3-5-14-11/h3-6,16H,2,7,12H2,1H3/p+1/b9-8+,15-6+. The summed E-state index contributed by atoms with van der Waals surface area (Å²) in [5, 5.41) is 8.95. The molecular formula is C11H15N4O3+. The van der Waals surface area contributed by atoms with Crippen molar-refractivity contribution in [1.29, 1.82) is 0 Å².